The van der Waals surface area contributed by atoms with Crippen molar-refractivity contribution in [2.45, 2.75) is 26.7 Å². The van der Waals surface area contributed by atoms with Gasteiger partial charge in [0.2, 0.25) is 0 Å². The molecule has 2 aromatic carbocycles. The molecule has 0 heterocycles. The van der Waals surface area contributed by atoms with E-state index in [1.165, 1.54) is 5.56 Å². The predicted octanol–water partition coefficient (Wildman–Crippen LogP) is 3.85. The Bertz CT molecular complexity index is 615. The van der Waals surface area contributed by atoms with Crippen LogP contribution in [-0.4, -0.2) is 13.1 Å². The molecule has 0 saturated heterocycles. The molecule has 0 aliphatic rings. The zero-order valence-electron chi connectivity index (χ0n) is 12.7. The molecule has 0 aliphatic heterocycles. The maximum Gasteiger partial charge on any atom is 0.311 e. The first kappa shape index (κ1) is 15.1. The summed E-state index contributed by atoms with van der Waals surface area (Å²) in [4.78, 5) is 11.9. The summed E-state index contributed by atoms with van der Waals surface area (Å²) in [5, 5.41) is 0. The Kier molecular flexibility index (Phi) is 4.99. The number of carbonyl (C=O) groups excluding carboxylic acids is 1. The van der Waals surface area contributed by atoms with Gasteiger partial charge in [-0.25, -0.2) is 0 Å². The quantitative estimate of drug-likeness (QED) is 0.618. The lowest BCUT2D eigenvalue weighted by Crippen LogP contribution is -2.09. The van der Waals surface area contributed by atoms with Crippen molar-refractivity contribution in [3.63, 3.8) is 0 Å². The third kappa shape index (κ3) is 4.35. The lowest BCUT2D eigenvalue weighted by atomic mass is 10.1. The molecule has 0 aliphatic carbocycles. The fraction of sp³-hybridized carbons (Fsp3) is 0.278. The van der Waals surface area contributed by atoms with Crippen molar-refractivity contribution in [1.82, 2.24) is 0 Å². The van der Waals surface area contributed by atoms with Gasteiger partial charge in [-0.3, -0.25) is 4.79 Å². The van der Waals surface area contributed by atoms with Gasteiger partial charge in [0.05, 0.1) is 7.11 Å². The molecule has 0 N–H and O–H groups in total. The van der Waals surface area contributed by atoms with Crippen LogP contribution in [0.3, 0.4) is 0 Å². The van der Waals surface area contributed by atoms with Gasteiger partial charge < -0.3 is 9.47 Å². The van der Waals surface area contributed by atoms with Crippen LogP contribution in [0.4, 0.5) is 0 Å². The van der Waals surface area contributed by atoms with Gasteiger partial charge in [0.25, 0.3) is 0 Å². The van der Waals surface area contributed by atoms with Gasteiger partial charge in [0.15, 0.2) is 0 Å². The highest BCUT2D eigenvalue weighted by molar-refractivity contribution is 5.72. The average molecular weight is 284 g/mol. The van der Waals surface area contributed by atoms with E-state index in [1.807, 2.05) is 56.3 Å². The summed E-state index contributed by atoms with van der Waals surface area (Å²) in [6.07, 6.45) is 1.02. The maximum absolute atomic E-state index is 11.9. The van der Waals surface area contributed by atoms with Crippen molar-refractivity contribution in [1.29, 1.82) is 0 Å². The minimum atomic E-state index is -0.214. The molecular weight excluding hydrogens is 264 g/mol. The maximum atomic E-state index is 11.9. The lowest BCUT2D eigenvalue weighted by Gasteiger charge is -2.07. The fourth-order valence-corrected chi connectivity index (χ4v) is 2.00. The second kappa shape index (κ2) is 6.93. The Morgan fingerprint density at radius 2 is 1.62 bits per heavy atom. The van der Waals surface area contributed by atoms with Crippen molar-refractivity contribution >= 4 is 5.97 Å². The summed E-state index contributed by atoms with van der Waals surface area (Å²) < 4.78 is 10.5. The predicted molar refractivity (Wildman–Crippen MR) is 82.9 cm³/mol. The molecule has 0 aromatic heterocycles. The van der Waals surface area contributed by atoms with Crippen LogP contribution in [0, 0.1) is 13.8 Å². The van der Waals surface area contributed by atoms with E-state index in [2.05, 4.69) is 0 Å². The molecule has 0 amide bonds. The Morgan fingerprint density at radius 3 is 2.24 bits per heavy atom. The summed E-state index contributed by atoms with van der Waals surface area (Å²) in [6, 6.07) is 13.4. The molecular formula is C18H20O3. The number of rotatable bonds is 5. The third-order valence-electron chi connectivity index (χ3n) is 3.49. The van der Waals surface area contributed by atoms with Crippen LogP contribution in [0.2, 0.25) is 0 Å². The van der Waals surface area contributed by atoms with E-state index in [9.17, 15) is 4.79 Å². The molecule has 3 nitrogen and oxygen atoms in total. The second-order valence-electron chi connectivity index (χ2n) is 5.07. The van der Waals surface area contributed by atoms with Gasteiger partial charge in [-0.1, -0.05) is 18.2 Å². The molecule has 2 aromatic rings. The van der Waals surface area contributed by atoms with E-state index in [0.717, 1.165) is 16.9 Å². The van der Waals surface area contributed by atoms with Crippen LogP contribution in [0.15, 0.2) is 42.5 Å². The van der Waals surface area contributed by atoms with Crippen LogP contribution in [0.1, 0.15) is 23.1 Å². The fourth-order valence-electron chi connectivity index (χ4n) is 2.00. The number of carbonyl (C=O) groups is 1. The number of ether oxygens (including phenoxy) is 2. The normalized spacial score (nSPS) is 10.2. The molecule has 0 spiro atoms. The van der Waals surface area contributed by atoms with Crippen LogP contribution in [0.25, 0.3) is 0 Å². The van der Waals surface area contributed by atoms with Crippen LogP contribution < -0.4 is 9.47 Å². The van der Waals surface area contributed by atoms with Crippen LogP contribution in [0.5, 0.6) is 11.5 Å². The average Bonchev–Trinajstić information content (AvgIpc) is 2.49. The van der Waals surface area contributed by atoms with Crippen molar-refractivity contribution in [2.24, 2.45) is 0 Å². The summed E-state index contributed by atoms with van der Waals surface area (Å²) >= 11 is 0. The third-order valence-corrected chi connectivity index (χ3v) is 3.49. The zero-order chi connectivity index (χ0) is 15.2. The highest BCUT2D eigenvalue weighted by atomic mass is 16.5. The molecule has 2 rings (SSSR count). The second-order valence-corrected chi connectivity index (χ2v) is 5.07. The zero-order valence-corrected chi connectivity index (χ0v) is 12.7. The minimum absolute atomic E-state index is 0.214. The highest BCUT2D eigenvalue weighted by Crippen LogP contribution is 2.17. The van der Waals surface area contributed by atoms with Gasteiger partial charge >= 0.3 is 5.97 Å². The molecule has 110 valence electrons. The van der Waals surface area contributed by atoms with Crippen LogP contribution >= 0.6 is 0 Å². The highest BCUT2D eigenvalue weighted by Gasteiger charge is 2.06. The molecule has 0 bridgehead atoms. The number of benzene rings is 2. The molecule has 0 atom stereocenters. The summed E-state index contributed by atoms with van der Waals surface area (Å²) in [5.74, 6) is 1.21. The first-order chi connectivity index (χ1) is 10.1. The first-order valence-electron chi connectivity index (χ1n) is 6.99. The standard InChI is InChI=1S/C18H20O3/c1-13-4-8-17(12-14(13)2)21-18(19)11-7-15-5-9-16(20-3)10-6-15/h4-6,8-10,12H,7,11H2,1-3H3. The number of methoxy groups -OCH3 is 1. The van der Waals surface area contributed by atoms with Gasteiger partial charge in [-0.05, 0) is 61.2 Å². The van der Waals surface area contributed by atoms with Gasteiger partial charge in [0.1, 0.15) is 11.5 Å². The summed E-state index contributed by atoms with van der Waals surface area (Å²) in [7, 11) is 1.63. The number of hydrogen-bond donors (Lipinski definition) is 0. The lowest BCUT2D eigenvalue weighted by molar-refractivity contribution is -0.134. The monoisotopic (exact) mass is 284 g/mol. The SMILES string of the molecule is COc1ccc(CCC(=O)Oc2ccc(C)c(C)c2)cc1. The Labute approximate surface area is 125 Å². The number of aryl methyl sites for hydroxylation is 3. The van der Waals surface area contributed by atoms with Crippen molar-refractivity contribution < 1.29 is 14.3 Å². The smallest absolute Gasteiger partial charge is 0.311 e. The van der Waals surface area contributed by atoms with Crippen molar-refractivity contribution in [2.75, 3.05) is 7.11 Å². The summed E-state index contributed by atoms with van der Waals surface area (Å²) in [5.41, 5.74) is 3.40. The molecule has 3 heteroatoms. The molecule has 0 unspecified atom stereocenters. The number of esters is 1. The first-order valence-corrected chi connectivity index (χ1v) is 6.99. The Balaban J connectivity index is 1.87. The topological polar surface area (TPSA) is 35.5 Å². The van der Waals surface area contributed by atoms with E-state index >= 15 is 0 Å². The summed E-state index contributed by atoms with van der Waals surface area (Å²) in [6.45, 7) is 4.04. The van der Waals surface area contributed by atoms with Gasteiger partial charge in [-0.2, -0.15) is 0 Å². The van der Waals surface area contributed by atoms with Gasteiger partial charge in [0, 0.05) is 6.42 Å². The van der Waals surface area contributed by atoms with E-state index in [1.54, 1.807) is 7.11 Å². The molecule has 0 saturated carbocycles. The Morgan fingerprint density at radius 1 is 0.952 bits per heavy atom. The molecule has 21 heavy (non-hydrogen) atoms. The minimum Gasteiger partial charge on any atom is -0.497 e. The van der Waals surface area contributed by atoms with Crippen molar-refractivity contribution in [3.8, 4) is 11.5 Å². The van der Waals surface area contributed by atoms with Crippen molar-refractivity contribution in [3.05, 3.63) is 59.2 Å². The van der Waals surface area contributed by atoms with E-state index in [4.69, 9.17) is 9.47 Å². The van der Waals surface area contributed by atoms with Crippen LogP contribution in [-0.2, 0) is 11.2 Å². The molecule has 0 fully saturated rings. The number of hydrogen-bond acceptors (Lipinski definition) is 3. The molecule has 0 radical (unpaired) electrons. The largest absolute Gasteiger partial charge is 0.497 e. The van der Waals surface area contributed by atoms with E-state index in [0.29, 0.717) is 18.6 Å². The van der Waals surface area contributed by atoms with E-state index < -0.39 is 0 Å². The van der Waals surface area contributed by atoms with E-state index in [-0.39, 0.29) is 5.97 Å². The van der Waals surface area contributed by atoms with Gasteiger partial charge in [-0.15, -0.1) is 0 Å². The Hall–Kier alpha value is -2.29.